The fraction of sp³-hybridized carbons (Fsp3) is 0.0769. The molecule has 88 valence electrons. The van der Waals surface area contributed by atoms with Gasteiger partial charge in [0.05, 0.1) is 22.1 Å². The molecular weight excluding hydrogens is 239 g/mol. The van der Waals surface area contributed by atoms with E-state index in [0.717, 1.165) is 5.69 Å². The van der Waals surface area contributed by atoms with Gasteiger partial charge in [0.25, 0.3) is 0 Å². The molecule has 2 aromatic rings. The minimum absolute atomic E-state index is 0.313. The smallest absolute Gasteiger partial charge is 0.128 e. The Morgan fingerprint density at radius 1 is 1.18 bits per heavy atom. The zero-order chi connectivity index (χ0) is 12.4. The van der Waals surface area contributed by atoms with Crippen LogP contribution in [0.3, 0.4) is 0 Å². The quantitative estimate of drug-likeness (QED) is 0.787. The maximum atomic E-state index is 13.2. The van der Waals surface area contributed by atoms with E-state index >= 15 is 0 Å². The van der Waals surface area contributed by atoms with Gasteiger partial charge in [-0.2, -0.15) is 0 Å². The molecule has 2 nitrogen and oxygen atoms in total. The van der Waals surface area contributed by atoms with Crippen LogP contribution in [0.1, 0.15) is 5.56 Å². The summed E-state index contributed by atoms with van der Waals surface area (Å²) in [7, 11) is 0. The number of hydrogen-bond acceptors (Lipinski definition) is 2. The summed E-state index contributed by atoms with van der Waals surface area (Å²) in [4.78, 5) is 0. The Kier molecular flexibility index (Phi) is 3.20. The molecule has 0 atom stereocenters. The van der Waals surface area contributed by atoms with Crippen LogP contribution >= 0.6 is 11.6 Å². The molecule has 0 aliphatic rings. The summed E-state index contributed by atoms with van der Waals surface area (Å²) < 4.78 is 13.2. The molecule has 0 saturated carbocycles. The Hall–Kier alpha value is -1.74. The van der Waals surface area contributed by atoms with Crippen molar-refractivity contribution in [1.82, 2.24) is 0 Å². The van der Waals surface area contributed by atoms with Gasteiger partial charge in [-0.1, -0.05) is 23.7 Å². The average molecular weight is 251 g/mol. The highest BCUT2D eigenvalue weighted by Crippen LogP contribution is 2.29. The van der Waals surface area contributed by atoms with Crippen molar-refractivity contribution in [3.8, 4) is 0 Å². The van der Waals surface area contributed by atoms with Crippen LogP contribution in [0.4, 0.5) is 21.5 Å². The molecule has 3 N–H and O–H groups in total. The molecule has 0 fully saturated rings. The van der Waals surface area contributed by atoms with E-state index in [-0.39, 0.29) is 5.82 Å². The molecule has 0 aromatic heterocycles. The summed E-state index contributed by atoms with van der Waals surface area (Å²) in [5.74, 6) is -0.313. The molecule has 0 bridgehead atoms. The van der Waals surface area contributed by atoms with E-state index in [9.17, 15) is 4.39 Å². The van der Waals surface area contributed by atoms with E-state index in [0.29, 0.717) is 22.0 Å². The number of benzene rings is 2. The average Bonchev–Trinajstić information content (AvgIpc) is 2.29. The number of aryl methyl sites for hydroxylation is 1. The summed E-state index contributed by atoms with van der Waals surface area (Å²) >= 11 is 6.02. The molecule has 17 heavy (non-hydrogen) atoms. The van der Waals surface area contributed by atoms with Crippen LogP contribution in [0.2, 0.25) is 5.02 Å². The number of para-hydroxylation sites is 1. The number of hydrogen-bond donors (Lipinski definition) is 2. The van der Waals surface area contributed by atoms with Crippen LogP contribution < -0.4 is 11.1 Å². The molecule has 0 unspecified atom stereocenters. The molecule has 2 aromatic carbocycles. The summed E-state index contributed by atoms with van der Waals surface area (Å²) in [6.07, 6.45) is 0. The largest absolute Gasteiger partial charge is 0.397 e. The highest BCUT2D eigenvalue weighted by Gasteiger charge is 2.06. The summed E-state index contributed by atoms with van der Waals surface area (Å²) in [6, 6.07) is 10.3. The Morgan fingerprint density at radius 2 is 1.88 bits per heavy atom. The lowest BCUT2D eigenvalue weighted by atomic mass is 10.1. The van der Waals surface area contributed by atoms with Crippen LogP contribution in [-0.2, 0) is 0 Å². The second-order valence-electron chi connectivity index (χ2n) is 3.79. The fourth-order valence-electron chi connectivity index (χ4n) is 1.51. The molecule has 0 aliphatic heterocycles. The van der Waals surface area contributed by atoms with Crippen molar-refractivity contribution in [2.24, 2.45) is 0 Å². The van der Waals surface area contributed by atoms with E-state index in [1.165, 1.54) is 6.07 Å². The number of nitrogens with two attached hydrogens (primary N) is 1. The lowest BCUT2D eigenvalue weighted by molar-refractivity contribution is 0.619. The predicted molar refractivity (Wildman–Crippen MR) is 70.3 cm³/mol. The third-order valence-corrected chi connectivity index (χ3v) is 2.80. The van der Waals surface area contributed by atoms with Gasteiger partial charge in [0.15, 0.2) is 0 Å². The monoisotopic (exact) mass is 250 g/mol. The van der Waals surface area contributed by atoms with Crippen molar-refractivity contribution in [1.29, 1.82) is 0 Å². The van der Waals surface area contributed by atoms with Gasteiger partial charge in [-0.25, -0.2) is 4.39 Å². The van der Waals surface area contributed by atoms with E-state index in [4.69, 9.17) is 17.3 Å². The third-order valence-electron chi connectivity index (χ3n) is 2.47. The van der Waals surface area contributed by atoms with E-state index in [1.807, 2.05) is 18.2 Å². The van der Waals surface area contributed by atoms with Crippen LogP contribution in [-0.4, -0.2) is 0 Å². The number of nitrogens with one attached hydrogen (secondary N) is 1. The lowest BCUT2D eigenvalue weighted by Crippen LogP contribution is -1.99. The van der Waals surface area contributed by atoms with E-state index < -0.39 is 0 Å². The molecule has 0 saturated heterocycles. The second-order valence-corrected chi connectivity index (χ2v) is 4.20. The standard InChI is InChI=1S/C13H12ClFN2/c1-8-6-13(11(16)7-10(8)15)17-12-5-3-2-4-9(12)14/h2-7,17H,16H2,1H3. The zero-order valence-corrected chi connectivity index (χ0v) is 10.1. The minimum atomic E-state index is -0.313. The SMILES string of the molecule is Cc1cc(Nc2ccccc2Cl)c(N)cc1F. The van der Waals surface area contributed by atoms with Crippen molar-refractivity contribution >= 4 is 28.7 Å². The fourth-order valence-corrected chi connectivity index (χ4v) is 1.70. The number of nitrogen functional groups attached to an aromatic ring is 1. The van der Waals surface area contributed by atoms with Gasteiger partial charge in [0, 0.05) is 0 Å². The predicted octanol–water partition coefficient (Wildman–Crippen LogP) is 4.11. The first-order valence-electron chi connectivity index (χ1n) is 5.15. The van der Waals surface area contributed by atoms with Crippen LogP contribution in [0.15, 0.2) is 36.4 Å². The van der Waals surface area contributed by atoms with Crippen LogP contribution in [0.25, 0.3) is 0 Å². The van der Waals surface area contributed by atoms with Gasteiger partial charge in [-0.15, -0.1) is 0 Å². The third kappa shape index (κ3) is 2.50. The van der Waals surface area contributed by atoms with Gasteiger partial charge >= 0.3 is 0 Å². The highest BCUT2D eigenvalue weighted by atomic mass is 35.5. The van der Waals surface area contributed by atoms with Gasteiger partial charge < -0.3 is 11.1 Å². The van der Waals surface area contributed by atoms with Gasteiger partial charge in [-0.3, -0.25) is 0 Å². The van der Waals surface area contributed by atoms with Crippen molar-refractivity contribution in [2.45, 2.75) is 6.92 Å². The molecule has 0 aliphatic carbocycles. The first kappa shape index (κ1) is 11.7. The van der Waals surface area contributed by atoms with Crippen LogP contribution in [0, 0.1) is 12.7 Å². The van der Waals surface area contributed by atoms with Crippen LogP contribution in [0.5, 0.6) is 0 Å². The minimum Gasteiger partial charge on any atom is -0.397 e. The Bertz CT molecular complexity index is 555. The molecule has 4 heteroatoms. The molecular formula is C13H12ClFN2. The van der Waals surface area contributed by atoms with E-state index in [1.54, 1.807) is 19.1 Å². The summed E-state index contributed by atoms with van der Waals surface area (Å²) in [5.41, 5.74) is 8.03. The molecule has 2 rings (SSSR count). The Balaban J connectivity index is 2.37. The Labute approximate surface area is 104 Å². The maximum absolute atomic E-state index is 13.2. The molecule has 0 heterocycles. The second kappa shape index (κ2) is 4.63. The van der Waals surface area contributed by atoms with Gasteiger partial charge in [0.1, 0.15) is 5.82 Å². The zero-order valence-electron chi connectivity index (χ0n) is 9.30. The summed E-state index contributed by atoms with van der Waals surface area (Å²) in [6.45, 7) is 1.69. The van der Waals surface area contributed by atoms with Crippen molar-refractivity contribution in [3.05, 3.63) is 52.8 Å². The van der Waals surface area contributed by atoms with Gasteiger partial charge in [-0.05, 0) is 36.8 Å². The summed E-state index contributed by atoms with van der Waals surface area (Å²) in [5, 5.41) is 3.68. The number of anilines is 3. The first-order valence-corrected chi connectivity index (χ1v) is 5.53. The van der Waals surface area contributed by atoms with Gasteiger partial charge in [0.2, 0.25) is 0 Å². The molecule has 0 radical (unpaired) electrons. The molecule has 0 amide bonds. The van der Waals surface area contributed by atoms with Crippen molar-refractivity contribution in [3.63, 3.8) is 0 Å². The number of halogens is 2. The van der Waals surface area contributed by atoms with Crippen molar-refractivity contribution in [2.75, 3.05) is 11.1 Å². The van der Waals surface area contributed by atoms with E-state index in [2.05, 4.69) is 5.32 Å². The maximum Gasteiger partial charge on any atom is 0.128 e. The van der Waals surface area contributed by atoms with Crippen molar-refractivity contribution < 1.29 is 4.39 Å². The lowest BCUT2D eigenvalue weighted by Gasteiger charge is -2.12. The highest BCUT2D eigenvalue weighted by molar-refractivity contribution is 6.33. The Morgan fingerprint density at radius 3 is 2.59 bits per heavy atom. The topological polar surface area (TPSA) is 38.0 Å². The first-order chi connectivity index (χ1) is 8.08. The number of rotatable bonds is 2. The normalized spacial score (nSPS) is 10.3. The molecule has 0 spiro atoms.